The van der Waals surface area contributed by atoms with Crippen molar-refractivity contribution in [2.24, 2.45) is 17.3 Å². The Bertz CT molecular complexity index is 552. The summed E-state index contributed by atoms with van der Waals surface area (Å²) in [7, 11) is -4.78. The Morgan fingerprint density at radius 1 is 1.30 bits per heavy atom. The molecule has 0 saturated heterocycles. The van der Waals surface area contributed by atoms with E-state index in [1.165, 1.54) is 0 Å². The third-order valence-corrected chi connectivity index (χ3v) is 6.84. The smallest absolute Gasteiger partial charge is 0.426 e. The standard InChI is InChI=1S/C15H30BNO5S/c1-10(2)12(17-23(6,20)21)16(19)22-15-9-11(13(15,3)4)7-8-14(15,5)18/h10-12,17-19H,7-9H2,1-6H3/t11?,12-,14?,15?/m0/s1. The lowest BCUT2D eigenvalue weighted by Gasteiger charge is -2.71. The molecule has 3 aliphatic rings. The average molecular weight is 347 g/mol. The van der Waals surface area contributed by atoms with E-state index in [-0.39, 0.29) is 11.3 Å². The van der Waals surface area contributed by atoms with Gasteiger partial charge in [0.25, 0.3) is 0 Å². The van der Waals surface area contributed by atoms with Crippen molar-refractivity contribution in [1.82, 2.24) is 4.72 Å². The Kier molecular flexibility index (Phi) is 4.75. The molecule has 0 aromatic rings. The van der Waals surface area contributed by atoms with E-state index >= 15 is 0 Å². The fourth-order valence-electron chi connectivity index (χ4n) is 4.47. The summed E-state index contributed by atoms with van der Waals surface area (Å²) in [6.07, 6.45) is 3.32. The van der Waals surface area contributed by atoms with Crippen molar-refractivity contribution in [2.75, 3.05) is 6.26 Å². The van der Waals surface area contributed by atoms with Crippen LogP contribution >= 0.6 is 0 Å². The SMILES string of the molecule is CC(C)[C@H](NS(C)(=O)=O)B(O)OC12CC(CCC1(C)O)C2(C)C. The minimum absolute atomic E-state index is 0.149. The molecule has 4 atom stereocenters. The zero-order valence-electron chi connectivity index (χ0n) is 15.0. The Labute approximate surface area is 140 Å². The van der Waals surface area contributed by atoms with Crippen molar-refractivity contribution < 1.29 is 23.2 Å². The molecule has 3 saturated carbocycles. The van der Waals surface area contributed by atoms with E-state index < -0.39 is 34.3 Å². The van der Waals surface area contributed by atoms with E-state index in [1.807, 2.05) is 13.8 Å². The molecule has 6 nitrogen and oxygen atoms in total. The molecule has 0 heterocycles. The van der Waals surface area contributed by atoms with E-state index in [0.717, 1.165) is 12.7 Å². The maximum atomic E-state index is 11.6. The van der Waals surface area contributed by atoms with Crippen molar-refractivity contribution in [3.8, 4) is 0 Å². The van der Waals surface area contributed by atoms with Gasteiger partial charge in [0.05, 0.1) is 23.4 Å². The number of nitrogens with one attached hydrogen (secondary N) is 1. The van der Waals surface area contributed by atoms with Gasteiger partial charge in [0.15, 0.2) is 0 Å². The van der Waals surface area contributed by atoms with Crippen LogP contribution in [0.3, 0.4) is 0 Å². The fraction of sp³-hybridized carbons (Fsp3) is 1.00. The molecule has 23 heavy (non-hydrogen) atoms. The van der Waals surface area contributed by atoms with Crippen LogP contribution in [0.4, 0.5) is 0 Å². The zero-order valence-corrected chi connectivity index (χ0v) is 15.8. The lowest BCUT2D eigenvalue weighted by Crippen LogP contribution is -2.77. The average Bonchev–Trinajstić information content (AvgIpc) is 2.36. The second-order valence-corrected chi connectivity index (χ2v) is 10.2. The van der Waals surface area contributed by atoms with Crippen LogP contribution in [-0.4, -0.2) is 49.1 Å². The summed E-state index contributed by atoms with van der Waals surface area (Å²) in [4.78, 5) is 0. The van der Waals surface area contributed by atoms with Gasteiger partial charge in [-0.1, -0.05) is 27.7 Å². The van der Waals surface area contributed by atoms with Gasteiger partial charge in [-0.2, -0.15) is 0 Å². The van der Waals surface area contributed by atoms with Gasteiger partial charge in [-0.25, -0.2) is 13.1 Å². The highest BCUT2D eigenvalue weighted by atomic mass is 32.2. The molecular formula is C15H30BNO5S. The first kappa shape index (κ1) is 19.2. The van der Waals surface area contributed by atoms with Gasteiger partial charge in [0.2, 0.25) is 10.0 Å². The highest BCUT2D eigenvalue weighted by molar-refractivity contribution is 7.88. The first-order valence-corrected chi connectivity index (χ1v) is 10.2. The number of rotatable bonds is 6. The molecule has 2 bridgehead atoms. The molecule has 8 heteroatoms. The predicted octanol–water partition coefficient (Wildman–Crippen LogP) is 0.926. The van der Waals surface area contributed by atoms with E-state index in [1.54, 1.807) is 6.92 Å². The van der Waals surface area contributed by atoms with Crippen LogP contribution in [0, 0.1) is 17.3 Å². The molecule has 3 fully saturated rings. The van der Waals surface area contributed by atoms with Crippen molar-refractivity contribution in [1.29, 1.82) is 0 Å². The topological polar surface area (TPSA) is 95.9 Å². The third kappa shape index (κ3) is 3.08. The summed E-state index contributed by atoms with van der Waals surface area (Å²) in [5.41, 5.74) is -2.16. The first-order chi connectivity index (χ1) is 10.2. The van der Waals surface area contributed by atoms with Crippen molar-refractivity contribution in [3.05, 3.63) is 0 Å². The van der Waals surface area contributed by atoms with Gasteiger partial charge in [-0.3, -0.25) is 0 Å². The second kappa shape index (κ2) is 5.69. The lowest BCUT2D eigenvalue weighted by atomic mass is 9.40. The van der Waals surface area contributed by atoms with Gasteiger partial charge in [-0.15, -0.1) is 0 Å². The minimum Gasteiger partial charge on any atom is -0.426 e. The summed E-state index contributed by atoms with van der Waals surface area (Å²) in [6.45, 7) is 9.50. The summed E-state index contributed by atoms with van der Waals surface area (Å²) >= 11 is 0. The Morgan fingerprint density at radius 2 is 1.87 bits per heavy atom. The first-order valence-electron chi connectivity index (χ1n) is 8.29. The van der Waals surface area contributed by atoms with Crippen LogP contribution in [0.2, 0.25) is 0 Å². The normalized spacial score (nSPS) is 37.3. The number of fused-ring (bicyclic) bond motifs is 2. The maximum absolute atomic E-state index is 11.6. The molecule has 0 aromatic carbocycles. The van der Waals surface area contributed by atoms with E-state index in [0.29, 0.717) is 18.8 Å². The molecular weight excluding hydrogens is 317 g/mol. The van der Waals surface area contributed by atoms with Gasteiger partial charge in [-0.05, 0) is 43.4 Å². The maximum Gasteiger partial charge on any atom is 0.474 e. The van der Waals surface area contributed by atoms with Crippen LogP contribution in [0.15, 0.2) is 0 Å². The molecule has 0 aromatic heterocycles. The highest BCUT2D eigenvalue weighted by Crippen LogP contribution is 2.67. The Balaban J connectivity index is 2.25. The van der Waals surface area contributed by atoms with Crippen LogP contribution in [-0.2, 0) is 14.7 Å². The van der Waals surface area contributed by atoms with E-state index in [4.69, 9.17) is 4.65 Å². The Morgan fingerprint density at radius 3 is 2.26 bits per heavy atom. The molecule has 3 unspecified atom stereocenters. The van der Waals surface area contributed by atoms with Crippen LogP contribution in [0.25, 0.3) is 0 Å². The van der Waals surface area contributed by atoms with E-state index in [2.05, 4.69) is 18.6 Å². The predicted molar refractivity (Wildman–Crippen MR) is 90.1 cm³/mol. The second-order valence-electron chi connectivity index (χ2n) is 8.43. The molecule has 134 valence electrons. The quantitative estimate of drug-likeness (QED) is 0.621. The van der Waals surface area contributed by atoms with Gasteiger partial charge < -0.3 is 14.8 Å². The molecule has 3 N–H and O–H groups in total. The molecule has 0 spiro atoms. The molecule has 0 amide bonds. The minimum atomic E-state index is -3.47. The molecule has 3 aliphatic carbocycles. The van der Waals surface area contributed by atoms with Crippen molar-refractivity contribution >= 4 is 17.1 Å². The number of hydrogen-bond acceptors (Lipinski definition) is 5. The number of aliphatic hydroxyl groups is 1. The zero-order chi connectivity index (χ0) is 17.8. The monoisotopic (exact) mass is 347 g/mol. The van der Waals surface area contributed by atoms with Gasteiger partial charge >= 0.3 is 7.12 Å². The third-order valence-electron chi connectivity index (χ3n) is 6.14. The molecule has 3 rings (SSSR count). The van der Waals surface area contributed by atoms with Crippen molar-refractivity contribution in [3.63, 3.8) is 0 Å². The summed E-state index contributed by atoms with van der Waals surface area (Å²) in [5.74, 6) is -0.453. The number of sulfonamides is 1. The van der Waals surface area contributed by atoms with Crippen LogP contribution in [0.5, 0.6) is 0 Å². The van der Waals surface area contributed by atoms with Crippen LogP contribution in [0.1, 0.15) is 53.9 Å². The molecule has 0 radical (unpaired) electrons. The summed E-state index contributed by atoms with van der Waals surface area (Å²) in [5, 5.41) is 21.5. The Hall–Kier alpha value is -0.145. The van der Waals surface area contributed by atoms with Gasteiger partial charge in [0, 0.05) is 0 Å². The van der Waals surface area contributed by atoms with E-state index in [9.17, 15) is 18.5 Å². The summed E-state index contributed by atoms with van der Waals surface area (Å²) < 4.78 is 31.6. The van der Waals surface area contributed by atoms with Gasteiger partial charge in [0.1, 0.15) is 0 Å². The summed E-state index contributed by atoms with van der Waals surface area (Å²) in [6, 6.07) is 0. The number of hydrogen-bond donors (Lipinski definition) is 3. The van der Waals surface area contributed by atoms with Crippen LogP contribution < -0.4 is 4.72 Å². The molecule has 0 aliphatic heterocycles. The fourth-order valence-corrected chi connectivity index (χ4v) is 5.36. The largest absolute Gasteiger partial charge is 0.474 e. The van der Waals surface area contributed by atoms with Crippen molar-refractivity contribution in [2.45, 2.75) is 71.0 Å². The highest BCUT2D eigenvalue weighted by Gasteiger charge is 2.72. The lowest BCUT2D eigenvalue weighted by molar-refractivity contribution is -0.305.